The molecule has 0 bridgehead atoms. The third-order valence-electron chi connectivity index (χ3n) is 21.2. The van der Waals surface area contributed by atoms with Gasteiger partial charge in [-0.15, -0.1) is 0 Å². The number of anilines is 16. The van der Waals surface area contributed by atoms with Gasteiger partial charge in [0.1, 0.15) is 18.8 Å². The Kier molecular flexibility index (Phi) is 15.6. The molecule has 0 saturated carbocycles. The molecule has 10 heteroatoms. The average molecular weight is 1520 g/mol. The zero-order valence-corrected chi connectivity index (χ0v) is 66.8. The van der Waals surface area contributed by atoms with Crippen LogP contribution in [-0.2, 0) is 16.2 Å². The summed E-state index contributed by atoms with van der Waals surface area (Å²) in [5, 5.41) is 0.756. The molecule has 2 aromatic heterocycles. The lowest BCUT2D eigenvalue weighted by molar-refractivity contribution is 0.504. The summed E-state index contributed by atoms with van der Waals surface area (Å²) in [5.74, 6) is -0.411. The molecule has 2 unspecified atom stereocenters. The van der Waals surface area contributed by atoms with Crippen LogP contribution in [0.4, 0.5) is 91.0 Å². The maximum atomic E-state index is 10.5. The molecule has 0 radical (unpaired) electrons. The molecule has 0 N–H and O–H groups in total. The molecule has 8 nitrogen and oxygen atoms in total. The van der Waals surface area contributed by atoms with Gasteiger partial charge in [0, 0.05) is 90.5 Å². The molecule has 564 valence electrons. The number of hydrogen-bond acceptors (Lipinski definition) is 8. The van der Waals surface area contributed by atoms with Crippen LogP contribution in [0, 0.1) is 5.41 Å². The van der Waals surface area contributed by atoms with Gasteiger partial charge < -0.3 is 38.2 Å². The van der Waals surface area contributed by atoms with Crippen LogP contribution in [0.25, 0.3) is 21.9 Å². The highest BCUT2D eigenvalue weighted by Gasteiger charge is 2.55. The number of rotatable bonds is 14. The smallest absolute Gasteiger partial charge is 0.272 e. The van der Waals surface area contributed by atoms with Crippen molar-refractivity contribution in [2.75, 3.05) is 29.4 Å². The Morgan fingerprint density at radius 1 is 0.395 bits per heavy atom. The van der Waals surface area contributed by atoms with E-state index in [1.165, 1.54) is 0 Å². The Morgan fingerprint density at radius 3 is 1.30 bits per heavy atom. The summed E-state index contributed by atoms with van der Waals surface area (Å²) >= 11 is 7.85. The Labute approximate surface area is 697 Å². The predicted molar refractivity (Wildman–Crippen MR) is 484 cm³/mol. The molecule has 4 heterocycles. The molecule has 2 atom stereocenters. The van der Waals surface area contributed by atoms with E-state index in [0.29, 0.717) is 73.1 Å². The second-order valence-electron chi connectivity index (χ2n) is 33.2. The first-order valence-corrected chi connectivity index (χ1v) is 39.1. The Hall–Kier alpha value is -12.4. The van der Waals surface area contributed by atoms with Crippen molar-refractivity contribution in [3.05, 3.63) is 385 Å². The third-order valence-corrected chi connectivity index (χ3v) is 21.6. The van der Waals surface area contributed by atoms with E-state index in [9.17, 15) is 16.4 Å². The van der Waals surface area contributed by atoms with E-state index in [-0.39, 0.29) is 135 Å². The van der Waals surface area contributed by atoms with Crippen molar-refractivity contribution in [2.24, 2.45) is 5.41 Å². The molecule has 13 aromatic carbocycles. The molecule has 0 saturated heterocycles. The van der Waals surface area contributed by atoms with Gasteiger partial charge in [-0.05, 0) is 219 Å². The van der Waals surface area contributed by atoms with Crippen molar-refractivity contribution < 1.29 is 28.0 Å². The molecule has 15 aromatic rings. The zero-order chi connectivity index (χ0) is 91.0. The lowest BCUT2D eigenvalue weighted by atomic mass is 9.30. The van der Waals surface area contributed by atoms with Crippen LogP contribution in [0.15, 0.2) is 372 Å². The van der Waals surface area contributed by atoms with Gasteiger partial charge in [-0.2, -0.15) is 0 Å². The molecule has 0 spiro atoms. The van der Waals surface area contributed by atoms with Crippen molar-refractivity contribution in [1.82, 2.24) is 0 Å². The van der Waals surface area contributed by atoms with E-state index in [2.05, 4.69) is 42.7 Å². The first-order chi connectivity index (χ1) is 60.9. The number of furan rings is 2. The Morgan fingerprint density at radius 2 is 0.816 bits per heavy atom. The van der Waals surface area contributed by atoms with E-state index in [1.54, 1.807) is 14.7 Å². The van der Waals surface area contributed by atoms with Crippen LogP contribution in [0.5, 0.6) is 0 Å². The lowest BCUT2D eigenvalue weighted by Gasteiger charge is -2.52. The minimum atomic E-state index is -0.709. The highest BCUT2D eigenvalue weighted by molar-refractivity contribution is 6.89. The number of allylic oxidation sites excluding steroid dienone is 2. The molecule has 0 amide bonds. The summed E-state index contributed by atoms with van der Waals surface area (Å²) in [7, 11) is 0. The largest absolute Gasteiger partial charge is 0.469 e. The molecule has 0 fully saturated rings. The van der Waals surface area contributed by atoms with Gasteiger partial charge in [0.2, 0.25) is 0 Å². The van der Waals surface area contributed by atoms with Crippen LogP contribution < -0.4 is 40.5 Å². The number of para-hydroxylation sites is 8. The van der Waals surface area contributed by atoms with Crippen molar-refractivity contribution in [1.29, 1.82) is 0 Å². The van der Waals surface area contributed by atoms with Crippen LogP contribution in [0.1, 0.15) is 119 Å². The van der Waals surface area contributed by atoms with Gasteiger partial charge in [0.25, 0.3) is 6.71 Å². The number of fused-ring (bicyclic) bond motifs is 7. The Balaban J connectivity index is 0.000000180. The zero-order valence-electron chi connectivity index (χ0n) is 80.0. The maximum absolute atomic E-state index is 10.5. The first-order valence-electron chi connectivity index (χ1n) is 45.7. The monoisotopic (exact) mass is 1520 g/mol. The summed E-state index contributed by atoms with van der Waals surface area (Å²) < 4.78 is 148. The fourth-order valence-electron chi connectivity index (χ4n) is 15.5. The van der Waals surface area contributed by atoms with E-state index >= 15 is 0 Å². The molecule has 1 aliphatic carbocycles. The van der Waals surface area contributed by atoms with E-state index < -0.39 is 34.8 Å². The number of halogens is 1. The van der Waals surface area contributed by atoms with Crippen molar-refractivity contribution in [3.8, 4) is 0 Å². The molecule has 18 rings (SSSR count). The minimum Gasteiger partial charge on any atom is -0.469 e. The molecular formula is C104H96BClN6O2. The van der Waals surface area contributed by atoms with E-state index in [0.717, 1.165) is 39.6 Å². The van der Waals surface area contributed by atoms with Crippen molar-refractivity contribution in [3.63, 3.8) is 0 Å². The normalized spacial score (nSPS) is 16.3. The summed E-state index contributed by atoms with van der Waals surface area (Å²) in [6, 6.07) is 78.4. The molecular weight excluding hydrogens is 1410 g/mol. The van der Waals surface area contributed by atoms with Crippen LogP contribution in [-0.4, -0.2) is 12.8 Å². The number of benzene rings is 13. The van der Waals surface area contributed by atoms with Gasteiger partial charge in [-0.1, -0.05) is 271 Å². The van der Waals surface area contributed by atoms with Crippen molar-refractivity contribution >= 4 is 142 Å². The van der Waals surface area contributed by atoms with Gasteiger partial charge in [0.05, 0.1) is 57.3 Å². The minimum absolute atomic E-state index is 0.00857. The first kappa shape index (κ1) is 59.3. The van der Waals surface area contributed by atoms with Crippen molar-refractivity contribution in [2.45, 2.75) is 111 Å². The fourth-order valence-corrected chi connectivity index (χ4v) is 15.8. The fraction of sp³-hybridized carbons (Fsp3) is 0.173. The molecule has 2 aliphatic heterocycles. The summed E-state index contributed by atoms with van der Waals surface area (Å²) in [5.41, 5.74) is 10.3. The second-order valence-corrected chi connectivity index (χ2v) is 33.6. The SMILES string of the molecule is [2H]c1c([2H])c(N(c2ccccc2)c2ccccc2)c([2H])c2c1B1c3oc4c([2H])c([2H])c(C(C)(C)C)c([2H])c4c3N(c3ccccc3)C3=CC(C(C)(C)C)=CC(C13)N2c1ccccc1.[2H]c1oc2c([2H])c([2H])c(C(C)(C)C)c([2H])c2c1N(c1ccccc1)c1cc(C(C)(C)C)cc(N(c2ccccc2)c2c([2H])c([2H])c([2H])c(N(c3ccccc3)c3ccccc3)c2[2H])c1Cl. The highest BCUT2D eigenvalue weighted by Crippen LogP contribution is 2.57. The van der Waals surface area contributed by atoms with E-state index in [4.69, 9.17) is 23.2 Å². The molecule has 114 heavy (non-hydrogen) atoms. The topological polar surface area (TPSA) is 45.7 Å². The van der Waals surface area contributed by atoms with Gasteiger partial charge in [0.15, 0.2) is 0 Å². The predicted octanol–water partition coefficient (Wildman–Crippen LogP) is 28.8. The number of nitrogens with zero attached hydrogens (tertiary/aromatic N) is 6. The summed E-state index contributed by atoms with van der Waals surface area (Å²) in [6.07, 6.45) is 4.22. The lowest BCUT2D eigenvalue weighted by Crippen LogP contribution is -2.63. The standard InChI is InChI=1S/C52H48BN3O.C52H48ClN3O/c1-51(2,3)35-27-30-47-42(31-35)49-50(57-47)53-43-29-28-41(54(37-19-11-7-12-20-37)38-21-13-8-14-22-38)34-44(43)55(39-23-15-9-16-24-39)45-32-36(52(4,5)6)33-46(48(45)53)56(49)40-25-17-10-18-26-40;1-51(2,3)37-30-31-49-45(32-37)48(36-57-49)56(42-26-17-10-18-27-42)47-34-38(52(4,5)6)33-46(50(47)53)55(41-24-15-9-16-25-41)44-29-19-28-43(35-44)54(39-20-11-7-12-21-39)40-22-13-8-14-23-40/h7-34,45,48H,1-6H3;7-36H,1-6H3/i27D,28D,29D,30D,31D,34D;19D,28D,29D,30D,31D,32D,35D,36D. The van der Waals surface area contributed by atoms with Crippen LogP contribution in [0.2, 0.25) is 10.8 Å². The van der Waals surface area contributed by atoms with Gasteiger partial charge >= 0.3 is 0 Å². The highest BCUT2D eigenvalue weighted by atomic mass is 35.5. The second kappa shape index (κ2) is 29.9. The quantitative estimate of drug-likeness (QED) is 0.0998. The summed E-state index contributed by atoms with van der Waals surface area (Å²) in [4.78, 5) is 11.5. The Bertz CT molecular complexity index is 6830. The average Bonchev–Trinajstić information content (AvgIpc) is 1.29. The molecule has 3 aliphatic rings. The van der Waals surface area contributed by atoms with Gasteiger partial charge in [-0.3, -0.25) is 0 Å². The third kappa shape index (κ3) is 14.1. The van der Waals surface area contributed by atoms with Gasteiger partial charge in [-0.25, -0.2) is 0 Å². The number of hydrogen-bond donors (Lipinski definition) is 0. The van der Waals surface area contributed by atoms with Crippen LogP contribution in [0.3, 0.4) is 0 Å². The van der Waals surface area contributed by atoms with E-state index in [1.807, 2.05) is 322 Å². The van der Waals surface area contributed by atoms with Crippen LogP contribution >= 0.6 is 11.6 Å². The maximum Gasteiger partial charge on any atom is 0.272 e. The summed E-state index contributed by atoms with van der Waals surface area (Å²) in [6.45, 7) is 23.6.